The van der Waals surface area contributed by atoms with Crippen molar-refractivity contribution in [2.24, 2.45) is 5.92 Å². The molecule has 36 heavy (non-hydrogen) atoms. The monoisotopic (exact) mass is 507 g/mol. The van der Waals surface area contributed by atoms with Gasteiger partial charge in [0.1, 0.15) is 0 Å². The van der Waals surface area contributed by atoms with Gasteiger partial charge in [0.15, 0.2) is 22.5 Å². The number of likely N-dealkylation sites (tertiary alicyclic amines) is 1. The van der Waals surface area contributed by atoms with Crippen molar-refractivity contribution in [3.05, 3.63) is 48.0 Å². The molecule has 2 amide bonds. The molecule has 9 nitrogen and oxygen atoms in total. The Morgan fingerprint density at radius 1 is 1.08 bits per heavy atom. The maximum absolute atomic E-state index is 12.9. The summed E-state index contributed by atoms with van der Waals surface area (Å²) in [6, 6.07) is 13.5. The highest BCUT2D eigenvalue weighted by Gasteiger charge is 2.28. The summed E-state index contributed by atoms with van der Waals surface area (Å²) in [7, 11) is 0. The molecule has 1 N–H and O–H groups in total. The fraction of sp³-hybridized carbons (Fsp3) is 0.385. The molecule has 1 saturated heterocycles. The lowest BCUT2D eigenvalue weighted by Gasteiger charge is -2.31. The van der Waals surface area contributed by atoms with E-state index in [1.54, 1.807) is 18.2 Å². The highest BCUT2D eigenvalue weighted by Crippen LogP contribution is 2.34. The molecule has 0 saturated carbocycles. The van der Waals surface area contributed by atoms with Crippen LogP contribution in [-0.2, 0) is 16.1 Å². The molecule has 5 rings (SSSR count). The molecule has 0 bridgehead atoms. The molecule has 0 unspecified atom stereocenters. The van der Waals surface area contributed by atoms with E-state index in [4.69, 9.17) is 9.47 Å². The van der Waals surface area contributed by atoms with Gasteiger partial charge in [0.2, 0.25) is 18.6 Å². The van der Waals surface area contributed by atoms with E-state index >= 15 is 0 Å². The van der Waals surface area contributed by atoms with E-state index in [2.05, 4.69) is 34.6 Å². The lowest BCUT2D eigenvalue weighted by Crippen LogP contribution is -2.42. The molecule has 3 aromatic rings. The summed E-state index contributed by atoms with van der Waals surface area (Å²) in [4.78, 5) is 27.5. The zero-order valence-corrected chi connectivity index (χ0v) is 21.2. The van der Waals surface area contributed by atoms with Gasteiger partial charge < -0.3 is 24.3 Å². The van der Waals surface area contributed by atoms with Crippen molar-refractivity contribution < 1.29 is 19.1 Å². The van der Waals surface area contributed by atoms with Crippen molar-refractivity contribution in [2.75, 3.05) is 31.0 Å². The van der Waals surface area contributed by atoms with Gasteiger partial charge in [-0.15, -0.1) is 10.2 Å². The number of thioether (sulfide) groups is 1. The first kappa shape index (κ1) is 24.2. The van der Waals surface area contributed by atoms with E-state index in [9.17, 15) is 9.59 Å². The summed E-state index contributed by atoms with van der Waals surface area (Å²) < 4.78 is 12.7. The fourth-order valence-corrected chi connectivity index (χ4v) is 5.41. The summed E-state index contributed by atoms with van der Waals surface area (Å²) in [5, 5.41) is 12.4. The predicted molar refractivity (Wildman–Crippen MR) is 137 cm³/mol. The Hall–Kier alpha value is -3.53. The van der Waals surface area contributed by atoms with Gasteiger partial charge in [0.25, 0.3) is 0 Å². The second-order valence-electron chi connectivity index (χ2n) is 8.92. The van der Waals surface area contributed by atoms with Crippen LogP contribution in [0.15, 0.2) is 47.6 Å². The molecular formula is C26H29N5O4S. The van der Waals surface area contributed by atoms with E-state index < -0.39 is 0 Å². The minimum absolute atomic E-state index is 0.0323. The van der Waals surface area contributed by atoms with Crippen LogP contribution in [0.25, 0.3) is 11.4 Å². The van der Waals surface area contributed by atoms with Crippen LogP contribution in [-0.4, -0.2) is 57.1 Å². The van der Waals surface area contributed by atoms with E-state index in [0.29, 0.717) is 48.9 Å². The van der Waals surface area contributed by atoms with Crippen LogP contribution in [0.4, 0.5) is 5.69 Å². The number of aryl methyl sites for hydroxylation is 1. The maximum Gasteiger partial charge on any atom is 0.233 e. The molecule has 2 aliphatic rings. The van der Waals surface area contributed by atoms with Gasteiger partial charge in [-0.05, 0) is 44.9 Å². The first-order valence-corrected chi connectivity index (χ1v) is 13.1. The van der Waals surface area contributed by atoms with Crippen molar-refractivity contribution >= 4 is 29.3 Å². The van der Waals surface area contributed by atoms with Crippen LogP contribution < -0.4 is 14.8 Å². The summed E-state index contributed by atoms with van der Waals surface area (Å²) in [5.74, 6) is 2.31. The van der Waals surface area contributed by atoms with Crippen LogP contribution in [0.2, 0.25) is 0 Å². The number of carbonyl (C=O) groups is 2. The molecule has 188 valence electrons. The van der Waals surface area contributed by atoms with Crippen LogP contribution in [0.1, 0.15) is 25.3 Å². The van der Waals surface area contributed by atoms with Gasteiger partial charge in [0.05, 0.1) is 5.75 Å². The Morgan fingerprint density at radius 2 is 1.89 bits per heavy atom. The summed E-state index contributed by atoms with van der Waals surface area (Å²) >= 11 is 1.41. The number of anilines is 1. The van der Waals surface area contributed by atoms with Crippen LogP contribution in [0.3, 0.4) is 0 Å². The number of benzene rings is 2. The average Bonchev–Trinajstić information content (AvgIpc) is 3.53. The van der Waals surface area contributed by atoms with Gasteiger partial charge in [-0.25, -0.2) is 0 Å². The third-order valence-electron chi connectivity index (χ3n) is 6.49. The number of fused-ring (bicyclic) bond motifs is 1. The number of ether oxygens (including phenoxy) is 2. The summed E-state index contributed by atoms with van der Waals surface area (Å²) in [6.07, 6.45) is 1.27. The molecule has 2 aromatic carbocycles. The minimum Gasteiger partial charge on any atom is -0.454 e. The van der Waals surface area contributed by atoms with Crippen LogP contribution >= 0.6 is 11.8 Å². The van der Waals surface area contributed by atoms with E-state index in [1.165, 1.54) is 11.8 Å². The number of aromatic nitrogens is 3. The van der Waals surface area contributed by atoms with E-state index in [0.717, 1.165) is 28.7 Å². The van der Waals surface area contributed by atoms with Crippen molar-refractivity contribution in [1.29, 1.82) is 0 Å². The second-order valence-corrected chi connectivity index (χ2v) is 9.86. The zero-order valence-electron chi connectivity index (χ0n) is 20.4. The van der Waals surface area contributed by atoms with Gasteiger partial charge in [0, 0.05) is 42.9 Å². The third-order valence-corrected chi connectivity index (χ3v) is 7.44. The number of hydrogen-bond acceptors (Lipinski definition) is 7. The molecule has 2 aliphatic heterocycles. The smallest absolute Gasteiger partial charge is 0.233 e. The number of piperidine rings is 1. The summed E-state index contributed by atoms with van der Waals surface area (Å²) in [6.45, 7) is 6.14. The Balaban J connectivity index is 1.12. The fourth-order valence-electron chi connectivity index (χ4n) is 4.51. The highest BCUT2D eigenvalue weighted by atomic mass is 32.2. The molecular weight excluding hydrogens is 478 g/mol. The molecule has 0 radical (unpaired) electrons. The van der Waals surface area contributed by atoms with Crippen LogP contribution in [0.5, 0.6) is 11.5 Å². The Morgan fingerprint density at radius 3 is 2.67 bits per heavy atom. The predicted octanol–water partition coefficient (Wildman–Crippen LogP) is 3.97. The molecule has 0 aliphatic carbocycles. The number of rotatable bonds is 7. The largest absolute Gasteiger partial charge is 0.454 e. The highest BCUT2D eigenvalue weighted by molar-refractivity contribution is 7.99. The van der Waals surface area contributed by atoms with Crippen molar-refractivity contribution in [3.8, 4) is 22.9 Å². The zero-order chi connectivity index (χ0) is 25.1. The van der Waals surface area contributed by atoms with E-state index in [1.807, 2.05) is 28.5 Å². The first-order chi connectivity index (χ1) is 17.5. The quantitative estimate of drug-likeness (QED) is 0.483. The number of carbonyl (C=O) groups excluding carboxylic acids is 2. The Labute approximate surface area is 214 Å². The average molecular weight is 508 g/mol. The molecule has 3 heterocycles. The normalized spacial score (nSPS) is 15.2. The second kappa shape index (κ2) is 10.6. The number of hydrogen-bond donors (Lipinski definition) is 1. The maximum atomic E-state index is 12.9. The van der Waals surface area contributed by atoms with Crippen molar-refractivity contribution in [2.45, 2.75) is 38.4 Å². The molecule has 10 heteroatoms. The lowest BCUT2D eigenvalue weighted by atomic mass is 9.96. The third kappa shape index (κ3) is 5.18. The minimum atomic E-state index is -0.132. The number of amides is 2. The Bertz CT molecular complexity index is 1270. The lowest BCUT2D eigenvalue weighted by molar-refractivity contribution is -0.132. The van der Waals surface area contributed by atoms with Gasteiger partial charge in [-0.2, -0.15) is 0 Å². The Kier molecular flexibility index (Phi) is 7.13. The summed E-state index contributed by atoms with van der Waals surface area (Å²) in [5.41, 5.74) is 2.86. The standard InChI is InChI=1S/C26H29N5O4S/c1-3-31-24(19-6-4-5-17(2)13-19)28-29-26(31)36-15-23(32)30-11-9-18(10-12-30)25(33)27-20-7-8-21-22(14-20)35-16-34-21/h4-8,13-14,18H,3,9-12,15-16H2,1-2H3,(H,27,33). The molecule has 1 fully saturated rings. The first-order valence-electron chi connectivity index (χ1n) is 12.1. The van der Waals surface area contributed by atoms with E-state index in [-0.39, 0.29) is 24.5 Å². The number of nitrogens with one attached hydrogen (secondary N) is 1. The molecule has 0 spiro atoms. The van der Waals surface area contributed by atoms with Crippen molar-refractivity contribution in [1.82, 2.24) is 19.7 Å². The van der Waals surface area contributed by atoms with Gasteiger partial charge in [-0.1, -0.05) is 35.5 Å². The molecule has 0 atom stereocenters. The van der Waals surface area contributed by atoms with Crippen LogP contribution in [0, 0.1) is 12.8 Å². The number of nitrogens with zero attached hydrogens (tertiary/aromatic N) is 4. The molecule has 1 aromatic heterocycles. The SMILES string of the molecule is CCn1c(SCC(=O)N2CCC(C(=O)Nc3ccc4c(c3)OCO4)CC2)nnc1-c1cccc(C)c1. The topological polar surface area (TPSA) is 98.6 Å². The van der Waals surface area contributed by atoms with Crippen molar-refractivity contribution in [3.63, 3.8) is 0 Å². The van der Waals surface area contributed by atoms with Gasteiger partial charge >= 0.3 is 0 Å². The van der Waals surface area contributed by atoms with Gasteiger partial charge in [-0.3, -0.25) is 9.59 Å².